The molecule has 1 atom stereocenters. The van der Waals surface area contributed by atoms with Gasteiger partial charge in [-0.2, -0.15) is 5.10 Å². The number of carbonyl (C=O) groups is 2. The number of nitrogens with one attached hydrogen (secondary N) is 2. The average Bonchev–Trinajstić information content (AvgIpc) is 3.09. The molecule has 2 amide bonds. The van der Waals surface area contributed by atoms with Crippen LogP contribution in [0.3, 0.4) is 0 Å². The highest BCUT2D eigenvalue weighted by Crippen LogP contribution is 2.31. The van der Waals surface area contributed by atoms with Gasteiger partial charge in [0.05, 0.1) is 11.9 Å². The standard InChI is InChI=1S/C14H13BrN4O2/c15-10-3-1-2-4-11(10)19-8-6-9(14(19)21)13(20)17-12-5-7-16-18-12/h1-5,7,9H,6,8H2,(H2,16,17,18,20). The molecule has 1 fully saturated rings. The molecule has 2 N–H and O–H groups in total. The van der Waals surface area contributed by atoms with Crippen LogP contribution in [-0.2, 0) is 9.59 Å². The minimum Gasteiger partial charge on any atom is -0.311 e. The Morgan fingerprint density at radius 2 is 2.19 bits per heavy atom. The molecule has 0 aliphatic carbocycles. The normalized spacial score (nSPS) is 18.0. The number of halogens is 1. The van der Waals surface area contributed by atoms with Crippen LogP contribution in [0.2, 0.25) is 0 Å². The summed E-state index contributed by atoms with van der Waals surface area (Å²) in [6.07, 6.45) is 2.04. The fourth-order valence-corrected chi connectivity index (χ4v) is 2.88. The van der Waals surface area contributed by atoms with Gasteiger partial charge in [-0.25, -0.2) is 0 Å². The van der Waals surface area contributed by atoms with Gasteiger partial charge in [-0.1, -0.05) is 12.1 Å². The summed E-state index contributed by atoms with van der Waals surface area (Å²) in [5.74, 6) is -0.662. The van der Waals surface area contributed by atoms with Crippen LogP contribution in [0.4, 0.5) is 11.5 Å². The topological polar surface area (TPSA) is 78.1 Å². The summed E-state index contributed by atoms with van der Waals surface area (Å²) in [7, 11) is 0. The Kier molecular flexibility index (Phi) is 3.74. The number of hydrogen-bond donors (Lipinski definition) is 2. The molecule has 1 aromatic heterocycles. The number of benzene rings is 1. The van der Waals surface area contributed by atoms with Gasteiger partial charge in [0, 0.05) is 17.1 Å². The van der Waals surface area contributed by atoms with Gasteiger partial charge < -0.3 is 10.2 Å². The third-order valence-electron chi connectivity index (χ3n) is 3.42. The van der Waals surface area contributed by atoms with Crippen LogP contribution in [0.15, 0.2) is 41.0 Å². The predicted octanol–water partition coefficient (Wildman–Crippen LogP) is 2.16. The summed E-state index contributed by atoms with van der Waals surface area (Å²) in [6, 6.07) is 9.13. The van der Waals surface area contributed by atoms with Gasteiger partial charge in [-0.05, 0) is 34.5 Å². The summed E-state index contributed by atoms with van der Waals surface area (Å²) in [5.41, 5.74) is 0.791. The summed E-state index contributed by atoms with van der Waals surface area (Å²) < 4.78 is 0.841. The average molecular weight is 349 g/mol. The molecule has 2 heterocycles. The Balaban J connectivity index is 1.74. The summed E-state index contributed by atoms with van der Waals surface area (Å²) in [5, 5.41) is 9.06. The van der Waals surface area contributed by atoms with Crippen LogP contribution in [0.25, 0.3) is 0 Å². The lowest BCUT2D eigenvalue weighted by molar-refractivity contribution is -0.129. The number of nitrogens with zero attached hydrogens (tertiary/aromatic N) is 2. The van der Waals surface area contributed by atoms with E-state index in [1.807, 2.05) is 24.3 Å². The highest BCUT2D eigenvalue weighted by molar-refractivity contribution is 9.10. The van der Waals surface area contributed by atoms with Gasteiger partial charge >= 0.3 is 0 Å². The second-order valence-electron chi connectivity index (χ2n) is 4.74. The van der Waals surface area contributed by atoms with Gasteiger partial charge in [0.1, 0.15) is 11.7 Å². The molecule has 0 bridgehead atoms. The number of anilines is 2. The van der Waals surface area contributed by atoms with E-state index in [4.69, 9.17) is 0 Å². The van der Waals surface area contributed by atoms with Crippen molar-refractivity contribution >= 4 is 39.2 Å². The molecular weight excluding hydrogens is 336 g/mol. The largest absolute Gasteiger partial charge is 0.311 e. The first-order valence-corrected chi connectivity index (χ1v) is 7.32. The van der Waals surface area contributed by atoms with Crippen molar-refractivity contribution in [1.29, 1.82) is 0 Å². The van der Waals surface area contributed by atoms with Crippen LogP contribution >= 0.6 is 15.9 Å². The number of rotatable bonds is 3. The highest BCUT2D eigenvalue weighted by Gasteiger charge is 2.38. The number of H-pyrrole nitrogens is 1. The molecule has 0 radical (unpaired) electrons. The van der Waals surface area contributed by atoms with Crippen LogP contribution in [-0.4, -0.2) is 28.6 Å². The second kappa shape index (κ2) is 5.69. The lowest BCUT2D eigenvalue weighted by Gasteiger charge is -2.18. The van der Waals surface area contributed by atoms with E-state index >= 15 is 0 Å². The SMILES string of the molecule is O=C(Nc1ccn[nH]1)C1CCN(c2ccccc2Br)C1=O. The number of para-hydroxylation sites is 1. The zero-order valence-corrected chi connectivity index (χ0v) is 12.6. The van der Waals surface area contributed by atoms with Gasteiger partial charge in [-0.15, -0.1) is 0 Å². The van der Waals surface area contributed by atoms with Crippen LogP contribution in [0.1, 0.15) is 6.42 Å². The number of hydrogen-bond acceptors (Lipinski definition) is 3. The molecule has 21 heavy (non-hydrogen) atoms. The number of amides is 2. The predicted molar refractivity (Wildman–Crippen MR) is 81.8 cm³/mol. The molecule has 2 aromatic rings. The van der Waals surface area contributed by atoms with Crippen molar-refractivity contribution in [3.63, 3.8) is 0 Å². The van der Waals surface area contributed by atoms with Crippen LogP contribution < -0.4 is 10.2 Å². The van der Waals surface area contributed by atoms with Crippen molar-refractivity contribution in [3.05, 3.63) is 41.0 Å². The van der Waals surface area contributed by atoms with E-state index in [2.05, 4.69) is 31.4 Å². The first-order valence-electron chi connectivity index (χ1n) is 6.53. The van der Waals surface area contributed by atoms with Crippen LogP contribution in [0, 0.1) is 5.92 Å². The lowest BCUT2D eigenvalue weighted by atomic mass is 10.1. The van der Waals surface area contributed by atoms with Crippen LogP contribution in [0.5, 0.6) is 0 Å². The molecule has 0 saturated carbocycles. The molecule has 7 heteroatoms. The van der Waals surface area contributed by atoms with Gasteiger partial charge in [0.25, 0.3) is 0 Å². The molecule has 108 valence electrons. The summed E-state index contributed by atoms with van der Waals surface area (Å²) in [6.45, 7) is 0.530. The molecule has 1 aliphatic heterocycles. The molecule has 6 nitrogen and oxygen atoms in total. The van der Waals surface area contributed by atoms with Crippen molar-refractivity contribution in [1.82, 2.24) is 10.2 Å². The maximum atomic E-state index is 12.4. The van der Waals surface area contributed by atoms with E-state index in [-0.39, 0.29) is 11.8 Å². The van der Waals surface area contributed by atoms with Crippen molar-refractivity contribution in [2.24, 2.45) is 5.92 Å². The summed E-state index contributed by atoms with van der Waals surface area (Å²) in [4.78, 5) is 26.3. The first-order chi connectivity index (χ1) is 10.2. The molecule has 1 aliphatic rings. The monoisotopic (exact) mass is 348 g/mol. The Morgan fingerprint density at radius 1 is 1.38 bits per heavy atom. The van der Waals surface area contributed by atoms with Gasteiger partial charge in [0.15, 0.2) is 0 Å². The number of aromatic amines is 1. The molecule has 0 spiro atoms. The molecule has 1 saturated heterocycles. The van der Waals surface area contributed by atoms with Crippen molar-refractivity contribution in [2.45, 2.75) is 6.42 Å². The number of carbonyl (C=O) groups excluding carboxylic acids is 2. The smallest absolute Gasteiger partial charge is 0.239 e. The maximum absolute atomic E-state index is 12.4. The molecule has 1 aromatic carbocycles. The third-order valence-corrected chi connectivity index (χ3v) is 4.09. The zero-order chi connectivity index (χ0) is 14.8. The number of aromatic nitrogens is 2. The Hall–Kier alpha value is -2.15. The quantitative estimate of drug-likeness (QED) is 0.834. The van der Waals surface area contributed by atoms with E-state index in [0.29, 0.717) is 18.8 Å². The maximum Gasteiger partial charge on any atom is 0.239 e. The molecule has 3 rings (SSSR count). The van der Waals surface area contributed by atoms with Gasteiger partial charge in [-0.3, -0.25) is 14.7 Å². The van der Waals surface area contributed by atoms with Crippen molar-refractivity contribution in [3.8, 4) is 0 Å². The van der Waals surface area contributed by atoms with E-state index < -0.39 is 5.92 Å². The van der Waals surface area contributed by atoms with Crippen molar-refractivity contribution < 1.29 is 9.59 Å². The van der Waals surface area contributed by atoms with E-state index in [1.165, 1.54) is 0 Å². The third kappa shape index (κ3) is 2.69. The lowest BCUT2D eigenvalue weighted by Crippen LogP contribution is -2.33. The fraction of sp³-hybridized carbons (Fsp3) is 0.214. The molecule has 1 unspecified atom stereocenters. The Bertz CT molecular complexity index is 671. The van der Waals surface area contributed by atoms with E-state index in [9.17, 15) is 9.59 Å². The van der Waals surface area contributed by atoms with E-state index in [0.717, 1.165) is 10.2 Å². The minimum absolute atomic E-state index is 0.182. The summed E-state index contributed by atoms with van der Waals surface area (Å²) >= 11 is 3.43. The molecular formula is C14H13BrN4O2. The van der Waals surface area contributed by atoms with E-state index in [1.54, 1.807) is 17.2 Å². The fourth-order valence-electron chi connectivity index (χ4n) is 2.38. The minimum atomic E-state index is -0.666. The second-order valence-corrected chi connectivity index (χ2v) is 5.60. The Labute approximate surface area is 129 Å². The van der Waals surface area contributed by atoms with Crippen molar-refractivity contribution in [2.75, 3.05) is 16.8 Å². The Morgan fingerprint density at radius 3 is 2.90 bits per heavy atom. The zero-order valence-electron chi connectivity index (χ0n) is 11.0. The highest BCUT2D eigenvalue weighted by atomic mass is 79.9. The first kappa shape index (κ1) is 13.8. The van der Waals surface area contributed by atoms with Gasteiger partial charge in [0.2, 0.25) is 11.8 Å².